The number of benzene rings is 1. The lowest BCUT2D eigenvalue weighted by Crippen LogP contribution is -2.34. The van der Waals surface area contributed by atoms with Crippen LogP contribution >= 0.6 is 0 Å². The second-order valence-corrected chi connectivity index (χ2v) is 6.16. The van der Waals surface area contributed by atoms with Crippen LogP contribution in [0.2, 0.25) is 0 Å². The second kappa shape index (κ2) is 6.57. The molecule has 4 rings (SSSR count). The van der Waals surface area contributed by atoms with Gasteiger partial charge in [0.1, 0.15) is 0 Å². The Morgan fingerprint density at radius 2 is 2.08 bits per heavy atom. The summed E-state index contributed by atoms with van der Waals surface area (Å²) in [6.07, 6.45) is 6.24. The highest BCUT2D eigenvalue weighted by atomic mass is 15.3. The number of likely N-dealkylation sites (tertiary alicyclic amines) is 1. The fraction of sp³-hybridized carbons (Fsp3) is 0.389. The van der Waals surface area contributed by atoms with Gasteiger partial charge in [-0.05, 0) is 25.9 Å². The quantitative estimate of drug-likeness (QED) is 0.782. The van der Waals surface area contributed by atoms with E-state index in [2.05, 4.69) is 32.3 Å². The molecule has 1 unspecified atom stereocenters. The summed E-state index contributed by atoms with van der Waals surface area (Å²) in [7, 11) is 0. The Kier molecular flexibility index (Phi) is 4.13. The van der Waals surface area contributed by atoms with Gasteiger partial charge in [-0.1, -0.05) is 37.3 Å². The standard InChI is InChI=1S/C18H22N6/c1-2-23-11-6-9-15(23)13-20-16-18-22-21-17(24(18)12-10-19-16)14-7-4-3-5-8-14/h3-5,7-8,10,12,15H,2,6,9,11,13H2,1H3,(H,19,20). The molecule has 0 saturated carbocycles. The zero-order chi connectivity index (χ0) is 16.4. The average molecular weight is 322 g/mol. The summed E-state index contributed by atoms with van der Waals surface area (Å²) >= 11 is 0. The van der Waals surface area contributed by atoms with Crippen molar-refractivity contribution < 1.29 is 0 Å². The first-order chi connectivity index (χ1) is 11.9. The zero-order valence-electron chi connectivity index (χ0n) is 13.9. The van der Waals surface area contributed by atoms with E-state index in [-0.39, 0.29) is 0 Å². The van der Waals surface area contributed by atoms with E-state index < -0.39 is 0 Å². The molecule has 1 atom stereocenters. The first-order valence-electron chi connectivity index (χ1n) is 8.60. The van der Waals surface area contributed by atoms with Crippen LogP contribution in [0.5, 0.6) is 0 Å². The van der Waals surface area contributed by atoms with E-state index in [0.29, 0.717) is 6.04 Å². The van der Waals surface area contributed by atoms with E-state index >= 15 is 0 Å². The highest BCUT2D eigenvalue weighted by Gasteiger charge is 2.23. The number of hydrogen-bond acceptors (Lipinski definition) is 5. The van der Waals surface area contributed by atoms with Crippen LogP contribution in [0, 0.1) is 0 Å². The SMILES string of the molecule is CCN1CCCC1CNc1nccn2c(-c3ccccc3)nnc12. The first-order valence-corrected chi connectivity index (χ1v) is 8.60. The van der Waals surface area contributed by atoms with Crippen molar-refractivity contribution in [1.29, 1.82) is 0 Å². The van der Waals surface area contributed by atoms with Gasteiger partial charge in [0.15, 0.2) is 11.6 Å². The molecule has 0 amide bonds. The van der Waals surface area contributed by atoms with Crippen molar-refractivity contribution in [3.63, 3.8) is 0 Å². The Morgan fingerprint density at radius 1 is 1.21 bits per heavy atom. The van der Waals surface area contributed by atoms with Crippen molar-refractivity contribution in [2.75, 3.05) is 25.0 Å². The molecule has 3 aromatic rings. The molecule has 2 aromatic heterocycles. The Bertz CT molecular complexity index is 813. The Hall–Kier alpha value is -2.47. The van der Waals surface area contributed by atoms with Crippen LogP contribution in [0.25, 0.3) is 17.0 Å². The minimum absolute atomic E-state index is 0.577. The largest absolute Gasteiger partial charge is 0.365 e. The third-order valence-corrected chi connectivity index (χ3v) is 4.77. The van der Waals surface area contributed by atoms with Crippen molar-refractivity contribution in [2.45, 2.75) is 25.8 Å². The van der Waals surface area contributed by atoms with Crippen LogP contribution in [-0.4, -0.2) is 50.2 Å². The van der Waals surface area contributed by atoms with E-state index in [1.165, 1.54) is 19.4 Å². The molecule has 1 aliphatic heterocycles. The Balaban J connectivity index is 1.59. The fourth-order valence-corrected chi connectivity index (χ4v) is 3.49. The molecule has 1 aromatic carbocycles. The van der Waals surface area contributed by atoms with Crippen LogP contribution in [0.4, 0.5) is 5.82 Å². The number of likely N-dealkylation sites (N-methyl/N-ethyl adjacent to an activating group) is 1. The summed E-state index contributed by atoms with van der Waals surface area (Å²) in [5, 5.41) is 12.2. The number of fused-ring (bicyclic) bond motifs is 1. The van der Waals surface area contributed by atoms with Gasteiger partial charge < -0.3 is 5.32 Å². The fourth-order valence-electron chi connectivity index (χ4n) is 3.49. The molecule has 0 bridgehead atoms. The van der Waals surface area contributed by atoms with Gasteiger partial charge in [-0.25, -0.2) is 4.98 Å². The van der Waals surface area contributed by atoms with Crippen molar-refractivity contribution in [3.8, 4) is 11.4 Å². The molecule has 0 spiro atoms. The molecular formula is C18H22N6. The second-order valence-electron chi connectivity index (χ2n) is 6.16. The first kappa shape index (κ1) is 15.1. The zero-order valence-corrected chi connectivity index (χ0v) is 13.9. The summed E-state index contributed by atoms with van der Waals surface area (Å²) < 4.78 is 2.00. The monoisotopic (exact) mass is 322 g/mol. The average Bonchev–Trinajstić information content (AvgIpc) is 3.27. The lowest BCUT2D eigenvalue weighted by molar-refractivity contribution is 0.277. The van der Waals surface area contributed by atoms with E-state index in [0.717, 1.165) is 35.9 Å². The molecular weight excluding hydrogens is 300 g/mol. The Labute approximate surface area is 141 Å². The van der Waals surface area contributed by atoms with E-state index in [4.69, 9.17) is 0 Å². The molecule has 6 heteroatoms. The van der Waals surface area contributed by atoms with Gasteiger partial charge in [0, 0.05) is 30.5 Å². The highest BCUT2D eigenvalue weighted by molar-refractivity contribution is 5.67. The molecule has 1 aliphatic rings. The van der Waals surface area contributed by atoms with Crippen LogP contribution in [0.15, 0.2) is 42.7 Å². The van der Waals surface area contributed by atoms with E-state index in [9.17, 15) is 0 Å². The molecule has 1 fully saturated rings. The number of nitrogens with one attached hydrogen (secondary N) is 1. The van der Waals surface area contributed by atoms with Gasteiger partial charge in [-0.2, -0.15) is 0 Å². The predicted octanol–water partition coefficient (Wildman–Crippen LogP) is 2.69. The number of rotatable bonds is 5. The summed E-state index contributed by atoms with van der Waals surface area (Å²) in [5.41, 5.74) is 1.83. The number of aromatic nitrogens is 4. The minimum Gasteiger partial charge on any atom is -0.365 e. The third-order valence-electron chi connectivity index (χ3n) is 4.77. The smallest absolute Gasteiger partial charge is 0.203 e. The molecule has 24 heavy (non-hydrogen) atoms. The van der Waals surface area contributed by atoms with Crippen molar-refractivity contribution in [2.24, 2.45) is 0 Å². The molecule has 3 heterocycles. The normalized spacial score (nSPS) is 18.3. The topological polar surface area (TPSA) is 58.4 Å². The maximum atomic E-state index is 4.47. The van der Waals surface area contributed by atoms with Gasteiger partial charge >= 0.3 is 0 Å². The number of hydrogen-bond donors (Lipinski definition) is 1. The Morgan fingerprint density at radius 3 is 2.92 bits per heavy atom. The number of anilines is 1. The molecule has 0 radical (unpaired) electrons. The lowest BCUT2D eigenvalue weighted by Gasteiger charge is -2.23. The van der Waals surface area contributed by atoms with Crippen molar-refractivity contribution in [3.05, 3.63) is 42.7 Å². The summed E-state index contributed by atoms with van der Waals surface area (Å²) in [4.78, 5) is 6.99. The summed E-state index contributed by atoms with van der Waals surface area (Å²) in [6, 6.07) is 10.7. The molecule has 124 valence electrons. The number of nitrogens with zero attached hydrogens (tertiary/aromatic N) is 5. The van der Waals surface area contributed by atoms with Crippen LogP contribution in [-0.2, 0) is 0 Å². The molecule has 1 N–H and O–H groups in total. The van der Waals surface area contributed by atoms with Gasteiger partial charge in [0.2, 0.25) is 5.65 Å². The maximum absolute atomic E-state index is 4.47. The molecule has 0 aliphatic carbocycles. The van der Waals surface area contributed by atoms with Crippen LogP contribution in [0.3, 0.4) is 0 Å². The van der Waals surface area contributed by atoms with Crippen LogP contribution in [0.1, 0.15) is 19.8 Å². The van der Waals surface area contributed by atoms with E-state index in [1.807, 2.05) is 40.9 Å². The highest BCUT2D eigenvalue weighted by Crippen LogP contribution is 2.22. The summed E-state index contributed by atoms with van der Waals surface area (Å²) in [6.45, 7) is 5.42. The van der Waals surface area contributed by atoms with Gasteiger partial charge in [0.25, 0.3) is 0 Å². The molecule has 1 saturated heterocycles. The van der Waals surface area contributed by atoms with Gasteiger partial charge in [-0.15, -0.1) is 10.2 Å². The van der Waals surface area contributed by atoms with Crippen LogP contribution < -0.4 is 5.32 Å². The third kappa shape index (κ3) is 2.73. The van der Waals surface area contributed by atoms with E-state index in [1.54, 1.807) is 6.20 Å². The molecule has 6 nitrogen and oxygen atoms in total. The van der Waals surface area contributed by atoms with Crippen molar-refractivity contribution >= 4 is 11.5 Å². The van der Waals surface area contributed by atoms with Gasteiger partial charge in [0.05, 0.1) is 0 Å². The lowest BCUT2D eigenvalue weighted by atomic mass is 10.2. The maximum Gasteiger partial charge on any atom is 0.203 e. The summed E-state index contributed by atoms with van der Waals surface area (Å²) in [5.74, 6) is 1.64. The van der Waals surface area contributed by atoms with Gasteiger partial charge in [-0.3, -0.25) is 9.30 Å². The van der Waals surface area contributed by atoms with Crippen molar-refractivity contribution in [1.82, 2.24) is 24.5 Å². The minimum atomic E-state index is 0.577. The predicted molar refractivity (Wildman–Crippen MR) is 95.0 cm³/mol.